The Morgan fingerprint density at radius 1 is 1.10 bits per heavy atom. The van der Waals surface area contributed by atoms with Gasteiger partial charge in [-0.3, -0.25) is 4.79 Å². The number of nitrogens with one attached hydrogen (secondary N) is 1. The topological polar surface area (TPSA) is 63.2 Å². The number of amides is 1. The van der Waals surface area contributed by atoms with Crippen LogP contribution in [0, 0.1) is 6.92 Å². The third-order valence-electron chi connectivity index (χ3n) is 3.01. The Morgan fingerprint density at radius 2 is 1.76 bits per heavy atom. The molecular weight excluding hydrogens is 286 g/mol. The van der Waals surface area contributed by atoms with Crippen LogP contribution in [-0.2, 0) is 21.1 Å². The van der Waals surface area contributed by atoms with Crippen molar-refractivity contribution in [2.45, 2.75) is 18.2 Å². The highest BCUT2D eigenvalue weighted by molar-refractivity contribution is 7.90. The van der Waals surface area contributed by atoms with Gasteiger partial charge in [0.15, 0.2) is 9.84 Å². The van der Waals surface area contributed by atoms with Gasteiger partial charge in [-0.05, 0) is 36.8 Å². The highest BCUT2D eigenvalue weighted by Crippen LogP contribution is 2.14. The van der Waals surface area contributed by atoms with Crippen LogP contribution < -0.4 is 5.32 Å². The van der Waals surface area contributed by atoms with E-state index in [0.717, 1.165) is 17.4 Å². The fourth-order valence-corrected chi connectivity index (χ4v) is 2.63. The second kappa shape index (κ2) is 6.10. The van der Waals surface area contributed by atoms with Crippen LogP contribution in [0.1, 0.15) is 11.1 Å². The minimum Gasteiger partial charge on any atom is -0.326 e. The average Bonchev–Trinajstić information content (AvgIpc) is 2.38. The molecule has 0 radical (unpaired) electrons. The number of aryl methyl sites for hydroxylation is 1. The van der Waals surface area contributed by atoms with Crippen molar-refractivity contribution < 1.29 is 13.2 Å². The maximum Gasteiger partial charge on any atom is 0.228 e. The summed E-state index contributed by atoms with van der Waals surface area (Å²) in [6.45, 7) is 1.98. The predicted molar refractivity (Wildman–Crippen MR) is 83.1 cm³/mol. The number of hydrogen-bond acceptors (Lipinski definition) is 3. The summed E-state index contributed by atoms with van der Waals surface area (Å²) < 4.78 is 22.7. The first-order valence-corrected chi connectivity index (χ1v) is 8.39. The van der Waals surface area contributed by atoms with Crippen LogP contribution in [0.3, 0.4) is 0 Å². The summed E-state index contributed by atoms with van der Waals surface area (Å²) in [6, 6.07) is 13.9. The second-order valence-corrected chi connectivity index (χ2v) is 7.03. The molecule has 110 valence electrons. The van der Waals surface area contributed by atoms with Crippen molar-refractivity contribution >= 4 is 21.4 Å². The molecule has 0 saturated carbocycles. The van der Waals surface area contributed by atoms with Crippen molar-refractivity contribution in [1.29, 1.82) is 0 Å². The van der Waals surface area contributed by atoms with Gasteiger partial charge in [0, 0.05) is 11.9 Å². The van der Waals surface area contributed by atoms with Crippen LogP contribution >= 0.6 is 0 Å². The average molecular weight is 303 g/mol. The minimum absolute atomic E-state index is 0.132. The molecule has 0 heterocycles. The monoisotopic (exact) mass is 303 g/mol. The molecule has 1 N–H and O–H groups in total. The first kappa shape index (κ1) is 15.3. The molecule has 0 unspecified atom stereocenters. The van der Waals surface area contributed by atoms with Gasteiger partial charge in [-0.1, -0.05) is 29.8 Å². The number of carbonyl (C=O) groups is 1. The summed E-state index contributed by atoms with van der Waals surface area (Å²) >= 11 is 0. The second-order valence-electron chi connectivity index (χ2n) is 5.01. The Bertz CT molecular complexity index is 749. The molecule has 0 atom stereocenters. The highest BCUT2D eigenvalue weighted by Gasteiger charge is 2.08. The van der Waals surface area contributed by atoms with Gasteiger partial charge in [0.2, 0.25) is 5.91 Å². The molecule has 0 aliphatic rings. The normalized spacial score (nSPS) is 11.1. The summed E-state index contributed by atoms with van der Waals surface area (Å²) in [7, 11) is -3.21. The fourth-order valence-electron chi connectivity index (χ4n) is 2.00. The number of benzene rings is 2. The number of anilines is 1. The number of rotatable bonds is 4. The van der Waals surface area contributed by atoms with Gasteiger partial charge < -0.3 is 5.32 Å². The molecule has 21 heavy (non-hydrogen) atoms. The van der Waals surface area contributed by atoms with Gasteiger partial charge in [0.25, 0.3) is 0 Å². The van der Waals surface area contributed by atoms with Crippen LogP contribution in [0.5, 0.6) is 0 Å². The zero-order valence-electron chi connectivity index (χ0n) is 12.0. The maximum atomic E-state index is 11.9. The van der Waals surface area contributed by atoms with Crippen LogP contribution in [0.2, 0.25) is 0 Å². The molecule has 0 aromatic heterocycles. The maximum absolute atomic E-state index is 11.9. The molecule has 0 aliphatic carbocycles. The first-order chi connectivity index (χ1) is 9.84. The van der Waals surface area contributed by atoms with E-state index in [-0.39, 0.29) is 17.2 Å². The van der Waals surface area contributed by atoms with Crippen molar-refractivity contribution in [3.8, 4) is 0 Å². The van der Waals surface area contributed by atoms with Crippen LogP contribution in [0.25, 0.3) is 0 Å². The molecule has 0 fully saturated rings. The molecule has 5 heteroatoms. The van der Waals surface area contributed by atoms with E-state index < -0.39 is 9.84 Å². The Labute approximate surface area is 124 Å². The quantitative estimate of drug-likeness (QED) is 0.944. The van der Waals surface area contributed by atoms with Gasteiger partial charge in [-0.2, -0.15) is 0 Å². The van der Waals surface area contributed by atoms with Gasteiger partial charge in [-0.15, -0.1) is 0 Å². The van der Waals surface area contributed by atoms with E-state index in [1.54, 1.807) is 12.1 Å². The smallest absolute Gasteiger partial charge is 0.228 e. The van der Waals surface area contributed by atoms with Gasteiger partial charge in [-0.25, -0.2) is 8.42 Å². The third kappa shape index (κ3) is 4.43. The molecular formula is C16H17NO3S. The lowest BCUT2D eigenvalue weighted by molar-refractivity contribution is -0.115. The Kier molecular flexibility index (Phi) is 4.43. The number of carbonyl (C=O) groups excluding carboxylic acids is 1. The van der Waals surface area contributed by atoms with Gasteiger partial charge in [0.05, 0.1) is 11.3 Å². The van der Waals surface area contributed by atoms with E-state index in [9.17, 15) is 13.2 Å². The largest absolute Gasteiger partial charge is 0.326 e. The summed E-state index contributed by atoms with van der Waals surface area (Å²) in [5, 5.41) is 2.75. The summed E-state index contributed by atoms with van der Waals surface area (Å²) in [5.41, 5.74) is 2.64. The molecule has 0 saturated heterocycles. The molecule has 0 bridgehead atoms. The van der Waals surface area contributed by atoms with E-state index in [2.05, 4.69) is 5.32 Å². The number of hydrogen-bond donors (Lipinski definition) is 1. The Balaban J connectivity index is 2.03. The molecule has 0 spiro atoms. The van der Waals surface area contributed by atoms with Crippen molar-refractivity contribution in [1.82, 2.24) is 0 Å². The molecule has 2 aromatic rings. The molecule has 0 aliphatic heterocycles. The molecule has 2 aromatic carbocycles. The zero-order chi connectivity index (χ0) is 15.5. The highest BCUT2D eigenvalue weighted by atomic mass is 32.2. The third-order valence-corrected chi connectivity index (χ3v) is 4.14. The van der Waals surface area contributed by atoms with E-state index >= 15 is 0 Å². The van der Waals surface area contributed by atoms with E-state index in [0.29, 0.717) is 5.69 Å². The lowest BCUT2D eigenvalue weighted by atomic mass is 10.1. The fraction of sp³-hybridized carbons (Fsp3) is 0.188. The van der Waals surface area contributed by atoms with Gasteiger partial charge >= 0.3 is 0 Å². The summed E-state index contributed by atoms with van der Waals surface area (Å²) in [5.74, 6) is -0.132. The van der Waals surface area contributed by atoms with Crippen LogP contribution in [-0.4, -0.2) is 20.6 Å². The van der Waals surface area contributed by atoms with E-state index in [4.69, 9.17) is 0 Å². The molecule has 2 rings (SSSR count). The van der Waals surface area contributed by atoms with E-state index in [1.807, 2.05) is 31.2 Å². The number of sulfone groups is 1. The van der Waals surface area contributed by atoms with Crippen molar-refractivity contribution in [2.24, 2.45) is 0 Å². The summed E-state index contributed by atoms with van der Waals surface area (Å²) in [6.07, 6.45) is 1.44. The van der Waals surface area contributed by atoms with Crippen molar-refractivity contribution in [3.63, 3.8) is 0 Å². The minimum atomic E-state index is -3.21. The van der Waals surface area contributed by atoms with Crippen LogP contribution in [0.4, 0.5) is 5.69 Å². The standard InChI is InChI=1S/C16H17NO3S/c1-12-4-3-5-13(10-12)11-16(18)17-14-6-8-15(9-7-14)21(2,19)20/h3-10H,11H2,1-2H3,(H,17,18). The molecule has 1 amide bonds. The van der Waals surface area contributed by atoms with Crippen LogP contribution in [0.15, 0.2) is 53.4 Å². The summed E-state index contributed by atoms with van der Waals surface area (Å²) in [4.78, 5) is 12.2. The Hall–Kier alpha value is -2.14. The zero-order valence-corrected chi connectivity index (χ0v) is 12.8. The van der Waals surface area contributed by atoms with E-state index in [1.165, 1.54) is 12.1 Å². The lowest BCUT2D eigenvalue weighted by Crippen LogP contribution is -2.14. The van der Waals surface area contributed by atoms with Crippen molar-refractivity contribution in [2.75, 3.05) is 11.6 Å². The first-order valence-electron chi connectivity index (χ1n) is 6.50. The lowest BCUT2D eigenvalue weighted by Gasteiger charge is -2.06. The Morgan fingerprint density at radius 3 is 2.33 bits per heavy atom. The SMILES string of the molecule is Cc1cccc(CC(=O)Nc2ccc(S(C)(=O)=O)cc2)c1. The van der Waals surface area contributed by atoms with Gasteiger partial charge in [0.1, 0.15) is 0 Å². The molecule has 4 nitrogen and oxygen atoms in total. The predicted octanol–water partition coefficient (Wildman–Crippen LogP) is 2.58. The van der Waals surface area contributed by atoms with Crippen molar-refractivity contribution in [3.05, 3.63) is 59.7 Å².